The number of amidine groups is 1. The van der Waals surface area contributed by atoms with E-state index in [4.69, 9.17) is 0 Å². The lowest BCUT2D eigenvalue weighted by atomic mass is 10.1. The second-order valence-corrected chi connectivity index (χ2v) is 6.39. The Morgan fingerprint density at radius 2 is 2.00 bits per heavy atom. The minimum atomic E-state index is -0.614. The second-order valence-electron chi connectivity index (χ2n) is 6.39. The number of rotatable bonds is 4. The summed E-state index contributed by atoms with van der Waals surface area (Å²) in [6.45, 7) is 6.23. The van der Waals surface area contributed by atoms with Crippen molar-refractivity contribution in [2.45, 2.75) is 39.7 Å². The van der Waals surface area contributed by atoms with Crippen LogP contribution in [0.1, 0.15) is 32.2 Å². The summed E-state index contributed by atoms with van der Waals surface area (Å²) in [6, 6.07) is 1.08. The van der Waals surface area contributed by atoms with Crippen molar-refractivity contribution in [2.24, 2.45) is 4.99 Å². The summed E-state index contributed by atoms with van der Waals surface area (Å²) >= 11 is 0. The first-order valence-corrected chi connectivity index (χ1v) is 8.91. The third-order valence-electron chi connectivity index (χ3n) is 4.79. The topological polar surface area (TPSA) is 73.8 Å². The molecule has 8 nitrogen and oxygen atoms in total. The molecule has 2 aliphatic heterocycles. The smallest absolute Gasteiger partial charge is 0.270 e. The molecule has 3 rings (SSSR count). The number of allylic oxidation sites excluding steroid dienone is 1. The Balaban J connectivity index is 2.06. The number of nitrogens with zero attached hydrogens (tertiary/aromatic N) is 6. The van der Waals surface area contributed by atoms with E-state index in [1.807, 2.05) is 20.0 Å². The molecule has 0 bridgehead atoms. The number of hydrogen-bond acceptors (Lipinski definition) is 4. The predicted octanol–water partition coefficient (Wildman–Crippen LogP) is 1.11. The number of hydrogen-bond donors (Lipinski definition) is 0. The molecule has 0 radical (unpaired) electrons. The Kier molecular flexibility index (Phi) is 4.76. The quantitative estimate of drug-likeness (QED) is 0.598. The van der Waals surface area contributed by atoms with E-state index in [0.29, 0.717) is 11.8 Å². The van der Waals surface area contributed by atoms with Crippen LogP contribution in [0.2, 0.25) is 0 Å². The lowest BCUT2D eigenvalue weighted by Crippen LogP contribution is -2.62. The average Bonchev–Trinajstić information content (AvgIpc) is 3.20. The minimum Gasteiger partial charge on any atom is -0.270 e. The Bertz CT molecular complexity index is 848. The molecular formula is C18H25N6O2+. The molecule has 1 aromatic heterocycles. The molecule has 0 N–H and O–H groups in total. The van der Waals surface area contributed by atoms with Gasteiger partial charge in [-0.3, -0.25) is 14.6 Å². The zero-order chi connectivity index (χ0) is 19.0. The molecule has 138 valence electrons. The maximum atomic E-state index is 13.0. The van der Waals surface area contributed by atoms with Crippen LogP contribution in [0.15, 0.2) is 23.2 Å². The van der Waals surface area contributed by atoms with Crippen molar-refractivity contribution < 1.29 is 14.2 Å². The summed E-state index contributed by atoms with van der Waals surface area (Å²) in [4.78, 5) is 32.8. The molecule has 0 spiro atoms. The fourth-order valence-electron chi connectivity index (χ4n) is 3.24. The standard InChI is InChI=1S/C18H25N6O2/c1-6-9-10-23-16(25)14-15(22(5)18(23)26)19-17(21(14)4)24-13(8-3)11-12(7-2)20-24/h6,9,11,14H,7-8,10H2,1-5H3/q+1/b9-6+. The first-order chi connectivity index (χ1) is 12.4. The van der Waals surface area contributed by atoms with E-state index in [9.17, 15) is 9.59 Å². The van der Waals surface area contributed by atoms with E-state index < -0.39 is 6.04 Å². The van der Waals surface area contributed by atoms with Crippen molar-refractivity contribution in [3.8, 4) is 0 Å². The van der Waals surface area contributed by atoms with Crippen LogP contribution in [0, 0.1) is 0 Å². The monoisotopic (exact) mass is 357 g/mol. The fraction of sp³-hybridized carbons (Fsp3) is 0.500. The van der Waals surface area contributed by atoms with Crippen LogP contribution in [-0.2, 0) is 17.6 Å². The van der Waals surface area contributed by atoms with E-state index in [1.54, 1.807) is 22.4 Å². The van der Waals surface area contributed by atoms with Gasteiger partial charge in [0.15, 0.2) is 0 Å². The van der Waals surface area contributed by atoms with Crippen molar-refractivity contribution in [1.29, 1.82) is 0 Å². The van der Waals surface area contributed by atoms with Crippen LogP contribution in [-0.4, -0.2) is 74.6 Å². The van der Waals surface area contributed by atoms with E-state index in [1.165, 1.54) is 9.80 Å². The number of amides is 3. The number of aliphatic imine (C=N–C) groups is 1. The van der Waals surface area contributed by atoms with Gasteiger partial charge < -0.3 is 0 Å². The van der Waals surface area contributed by atoms with Gasteiger partial charge in [0.1, 0.15) is 5.69 Å². The summed E-state index contributed by atoms with van der Waals surface area (Å²) in [5.41, 5.74) is 2.00. The van der Waals surface area contributed by atoms with Crippen LogP contribution in [0.5, 0.6) is 0 Å². The van der Waals surface area contributed by atoms with Crippen LogP contribution < -0.4 is 0 Å². The van der Waals surface area contributed by atoms with Gasteiger partial charge in [0.2, 0.25) is 11.9 Å². The van der Waals surface area contributed by atoms with Crippen molar-refractivity contribution in [1.82, 2.24) is 19.6 Å². The zero-order valence-electron chi connectivity index (χ0n) is 15.9. The first kappa shape index (κ1) is 18.0. The number of carbonyl (C=O) groups excluding carboxylic acids is 2. The van der Waals surface area contributed by atoms with Crippen molar-refractivity contribution in [2.75, 3.05) is 20.6 Å². The van der Waals surface area contributed by atoms with Gasteiger partial charge in [0.25, 0.3) is 5.91 Å². The lowest BCUT2D eigenvalue weighted by molar-refractivity contribution is -0.507. The summed E-state index contributed by atoms with van der Waals surface area (Å²) in [7, 11) is 3.47. The van der Waals surface area contributed by atoms with E-state index >= 15 is 0 Å². The molecule has 1 atom stereocenters. The first-order valence-electron chi connectivity index (χ1n) is 8.91. The predicted molar refractivity (Wildman–Crippen MR) is 98.5 cm³/mol. The molecule has 1 fully saturated rings. The number of aromatic nitrogens is 2. The van der Waals surface area contributed by atoms with Crippen molar-refractivity contribution in [3.63, 3.8) is 0 Å². The highest BCUT2D eigenvalue weighted by Gasteiger charge is 2.51. The highest BCUT2D eigenvalue weighted by atomic mass is 16.2. The van der Waals surface area contributed by atoms with E-state index in [2.05, 4.69) is 30.0 Å². The Morgan fingerprint density at radius 1 is 1.27 bits per heavy atom. The van der Waals surface area contributed by atoms with E-state index in [0.717, 1.165) is 24.2 Å². The number of carbonyl (C=O) groups is 2. The van der Waals surface area contributed by atoms with Crippen LogP contribution in [0.4, 0.5) is 4.79 Å². The molecule has 26 heavy (non-hydrogen) atoms. The van der Waals surface area contributed by atoms with Gasteiger partial charge in [0, 0.05) is 20.0 Å². The number of imide groups is 1. The SMILES string of the molecule is C/C=C/CN1C(=O)C2C(=NC(n3nc(CC)cc3CC)=[N+]2C)N(C)C1=O. The molecule has 2 aliphatic rings. The minimum absolute atomic E-state index is 0.257. The number of urea groups is 1. The molecule has 0 saturated carbocycles. The van der Waals surface area contributed by atoms with Gasteiger partial charge in [0.05, 0.1) is 12.7 Å². The third kappa shape index (κ3) is 2.65. The van der Waals surface area contributed by atoms with Gasteiger partial charge in [-0.1, -0.05) is 31.0 Å². The van der Waals surface area contributed by atoms with Crippen LogP contribution in [0.25, 0.3) is 0 Å². The zero-order valence-corrected chi connectivity index (χ0v) is 15.9. The Morgan fingerprint density at radius 3 is 2.62 bits per heavy atom. The van der Waals surface area contributed by atoms with Crippen LogP contribution >= 0.6 is 0 Å². The van der Waals surface area contributed by atoms with Gasteiger partial charge in [-0.2, -0.15) is 0 Å². The summed E-state index contributed by atoms with van der Waals surface area (Å²) in [6.07, 6.45) is 5.24. The largest absolute Gasteiger partial charge is 0.421 e. The highest BCUT2D eigenvalue weighted by molar-refractivity contribution is 6.23. The van der Waals surface area contributed by atoms with Crippen molar-refractivity contribution in [3.05, 3.63) is 29.6 Å². The Hall–Kier alpha value is -2.77. The van der Waals surface area contributed by atoms with E-state index in [-0.39, 0.29) is 18.5 Å². The molecule has 0 aromatic carbocycles. The van der Waals surface area contributed by atoms with Gasteiger partial charge in [-0.25, -0.2) is 9.37 Å². The van der Waals surface area contributed by atoms with Gasteiger partial charge >= 0.3 is 12.0 Å². The number of fused-ring (bicyclic) bond motifs is 1. The maximum absolute atomic E-state index is 13.0. The molecule has 0 aliphatic carbocycles. The maximum Gasteiger partial charge on any atom is 0.421 e. The molecule has 3 amide bonds. The molecule has 8 heteroatoms. The summed E-state index contributed by atoms with van der Waals surface area (Å²) < 4.78 is 3.58. The number of likely N-dealkylation sites (N-methyl/N-ethyl adjacent to an activating group) is 2. The molecule has 1 unspecified atom stereocenters. The second kappa shape index (κ2) is 6.86. The summed E-state index contributed by atoms with van der Waals surface area (Å²) in [5, 5.41) is 4.62. The molecule has 3 heterocycles. The average molecular weight is 357 g/mol. The molecular weight excluding hydrogens is 332 g/mol. The lowest BCUT2D eigenvalue weighted by Gasteiger charge is -2.32. The van der Waals surface area contributed by atoms with Gasteiger partial charge in [-0.05, 0) is 19.4 Å². The third-order valence-corrected chi connectivity index (χ3v) is 4.79. The molecule has 1 saturated heterocycles. The van der Waals surface area contributed by atoms with Crippen LogP contribution in [0.3, 0.4) is 0 Å². The Labute approximate surface area is 153 Å². The molecule has 1 aromatic rings. The van der Waals surface area contributed by atoms with Crippen molar-refractivity contribution >= 4 is 23.7 Å². The fourth-order valence-corrected chi connectivity index (χ4v) is 3.24. The highest BCUT2D eigenvalue weighted by Crippen LogP contribution is 2.20. The normalized spacial score (nSPS) is 20.5. The van der Waals surface area contributed by atoms with Gasteiger partial charge in [-0.15, -0.1) is 9.78 Å². The number of aryl methyl sites for hydroxylation is 2. The summed E-state index contributed by atoms with van der Waals surface area (Å²) in [5.74, 6) is 0.760.